The van der Waals surface area contributed by atoms with E-state index in [9.17, 15) is 25.1 Å². The average Bonchev–Trinajstić information content (AvgIpc) is 3.84. The summed E-state index contributed by atoms with van der Waals surface area (Å²) in [5, 5.41) is 39.1. The molecule has 0 spiro atoms. The summed E-state index contributed by atoms with van der Waals surface area (Å²) in [5.41, 5.74) is 4.11. The Morgan fingerprint density at radius 3 is 2.43 bits per heavy atom. The number of fused-ring (bicyclic) bond motifs is 3. The first kappa shape index (κ1) is 48.7. The molecule has 4 aliphatic rings. The zero-order valence-corrected chi connectivity index (χ0v) is 38.8. The molecule has 6 unspecified atom stereocenters. The van der Waals surface area contributed by atoms with Crippen LogP contribution >= 0.6 is 0 Å². The van der Waals surface area contributed by atoms with Crippen molar-refractivity contribution in [2.45, 2.75) is 89.2 Å². The van der Waals surface area contributed by atoms with Crippen molar-refractivity contribution in [2.75, 3.05) is 33.2 Å². The van der Waals surface area contributed by atoms with Crippen molar-refractivity contribution in [3.63, 3.8) is 0 Å². The molecule has 6 atom stereocenters. The van der Waals surface area contributed by atoms with Gasteiger partial charge in [0.2, 0.25) is 12.6 Å². The number of carbonyl (C=O) groups is 2. The van der Waals surface area contributed by atoms with Crippen molar-refractivity contribution in [1.29, 1.82) is 0 Å². The second kappa shape index (κ2) is 22.6. The number of rotatable bonds is 22. The Labute approximate surface area is 401 Å². The number of hydrogen-bond acceptors (Lipinski definition) is 13. The number of amides is 2. The summed E-state index contributed by atoms with van der Waals surface area (Å²) in [7, 11) is 0. The van der Waals surface area contributed by atoms with Crippen molar-refractivity contribution in [1.82, 2.24) is 10.2 Å². The van der Waals surface area contributed by atoms with E-state index in [2.05, 4.69) is 18.0 Å². The van der Waals surface area contributed by atoms with Gasteiger partial charge in [0.15, 0.2) is 11.5 Å². The molecule has 2 amide bonds. The lowest BCUT2D eigenvalue weighted by Gasteiger charge is -2.60. The quantitative estimate of drug-likeness (QED) is 0.0293. The standard InChI is InChI=1S/C53H60N4O12/c1-3-24-56(51(60)38-18-22-46-47(29-38)65-34-64-46)48-31-44(55-67-33-36-16-19-39(20-17-36)57(62)63)42-28-37(14-8-10-25-58)41(15-9-11-26-59)49-43-30-40(68-52(61)54-32-35-12-6-5-7-13-35)21-23-45(43)69-53(48,50(42)49)66-27-4-2/h4-7,12-13,16-23,28-30,37,41,48-50,58-59H,2-3,8-11,14-15,24-27,31-34H2,1H3,(H,54,61). The van der Waals surface area contributed by atoms with Crippen molar-refractivity contribution < 1.29 is 53.2 Å². The Morgan fingerprint density at radius 2 is 1.70 bits per heavy atom. The fraction of sp³-hybridized carbons (Fsp3) is 0.415. The molecule has 8 rings (SSSR count). The number of nitro benzene ring substituents is 1. The predicted octanol–water partition coefficient (Wildman–Crippen LogP) is 9.00. The lowest BCUT2D eigenvalue weighted by Crippen LogP contribution is -2.70. The van der Waals surface area contributed by atoms with Gasteiger partial charge in [-0.1, -0.05) is 67.4 Å². The number of carbonyl (C=O) groups excluding carboxylic acids is 2. The number of aliphatic hydroxyl groups is 2. The smallest absolute Gasteiger partial charge is 0.412 e. The maximum Gasteiger partial charge on any atom is 0.412 e. The summed E-state index contributed by atoms with van der Waals surface area (Å²) in [6.45, 7) is 6.81. The number of aliphatic hydroxyl groups excluding tert-OH is 2. The molecule has 16 heteroatoms. The van der Waals surface area contributed by atoms with Gasteiger partial charge < -0.3 is 49.0 Å². The molecule has 0 bridgehead atoms. The molecule has 0 saturated heterocycles. The fourth-order valence-corrected chi connectivity index (χ4v) is 10.4. The second-order valence-corrected chi connectivity index (χ2v) is 17.8. The van der Waals surface area contributed by atoms with E-state index in [1.54, 1.807) is 53.4 Å². The van der Waals surface area contributed by atoms with Crippen molar-refractivity contribution in [2.24, 2.45) is 22.9 Å². The highest BCUT2D eigenvalue weighted by Crippen LogP contribution is 2.62. The third-order valence-corrected chi connectivity index (χ3v) is 13.4. The lowest BCUT2D eigenvalue weighted by atomic mass is 9.55. The Hall–Kier alpha value is -6.75. The van der Waals surface area contributed by atoms with Gasteiger partial charge in [0.25, 0.3) is 11.6 Å². The number of non-ortho nitro benzene ring substituents is 1. The third-order valence-electron chi connectivity index (χ3n) is 13.4. The summed E-state index contributed by atoms with van der Waals surface area (Å²) in [6.07, 6.45) is 8.10. The largest absolute Gasteiger partial charge is 0.459 e. The zero-order chi connectivity index (χ0) is 48.3. The van der Waals surface area contributed by atoms with E-state index in [0.29, 0.717) is 78.5 Å². The van der Waals surface area contributed by atoms with Gasteiger partial charge >= 0.3 is 6.09 Å². The number of nitrogens with zero attached hydrogens (tertiary/aromatic N) is 3. The van der Waals surface area contributed by atoms with Gasteiger partial charge in [0.1, 0.15) is 24.1 Å². The number of hydrogen-bond donors (Lipinski definition) is 3. The van der Waals surface area contributed by atoms with Crippen molar-refractivity contribution in [3.8, 4) is 23.0 Å². The Kier molecular flexibility index (Phi) is 15.9. The molecule has 16 nitrogen and oxygen atoms in total. The SMILES string of the molecule is C=CCOC12Oc3ccc(OC(=O)NCc4ccccc4)cc3C3C(CCCCO)C(CCCCO)C=C(C(=NOCc4ccc([N+](=O)[O-])cc4)CC1N(CCC)C(=O)c1ccc4c(c1)OCO4)C32. The molecular weight excluding hydrogens is 885 g/mol. The first-order valence-electron chi connectivity index (χ1n) is 23.8. The Balaban J connectivity index is 1.28. The fourth-order valence-electron chi connectivity index (χ4n) is 10.4. The zero-order valence-electron chi connectivity index (χ0n) is 38.8. The van der Waals surface area contributed by atoms with Gasteiger partial charge in [-0.3, -0.25) is 14.9 Å². The summed E-state index contributed by atoms with van der Waals surface area (Å²) in [5.74, 6) is -1.12. The molecule has 2 heterocycles. The van der Waals surface area contributed by atoms with Crippen LogP contribution in [0.3, 0.4) is 0 Å². The minimum absolute atomic E-state index is 0.0104. The predicted molar refractivity (Wildman–Crippen MR) is 256 cm³/mol. The molecule has 1 saturated carbocycles. The molecular formula is C53H60N4O12. The highest BCUT2D eigenvalue weighted by atomic mass is 16.7. The maximum atomic E-state index is 15.2. The molecule has 2 aliphatic heterocycles. The van der Waals surface area contributed by atoms with Crippen molar-refractivity contribution in [3.05, 3.63) is 148 Å². The van der Waals surface area contributed by atoms with E-state index in [1.165, 1.54) is 12.1 Å². The highest BCUT2D eigenvalue weighted by Gasteiger charge is 2.65. The second-order valence-electron chi connectivity index (χ2n) is 17.8. The molecule has 4 aromatic carbocycles. The van der Waals surface area contributed by atoms with Crippen LogP contribution in [0.15, 0.2) is 120 Å². The van der Waals surface area contributed by atoms with Crippen LogP contribution < -0.4 is 24.3 Å². The van der Waals surface area contributed by atoms with E-state index in [4.69, 9.17) is 33.7 Å². The minimum Gasteiger partial charge on any atom is -0.459 e. The van der Waals surface area contributed by atoms with Crippen molar-refractivity contribution >= 4 is 23.4 Å². The van der Waals surface area contributed by atoms with E-state index in [1.807, 2.05) is 43.3 Å². The lowest BCUT2D eigenvalue weighted by molar-refractivity contribution is -0.384. The van der Waals surface area contributed by atoms with Crippen LogP contribution in [-0.2, 0) is 22.7 Å². The topological polar surface area (TPSA) is 201 Å². The number of nitrogens with one attached hydrogen (secondary N) is 1. The number of allylic oxidation sites excluding steroid dienone is 1. The van der Waals surface area contributed by atoms with Crippen LogP contribution in [0.1, 0.15) is 91.3 Å². The summed E-state index contributed by atoms with van der Waals surface area (Å²) in [4.78, 5) is 47.5. The van der Waals surface area contributed by atoms with Gasteiger partial charge in [-0.25, -0.2) is 4.79 Å². The van der Waals surface area contributed by atoms with Crippen LogP contribution in [0.5, 0.6) is 23.0 Å². The van der Waals surface area contributed by atoms with E-state index < -0.39 is 28.8 Å². The van der Waals surface area contributed by atoms with Gasteiger partial charge in [0.05, 0.1) is 23.2 Å². The summed E-state index contributed by atoms with van der Waals surface area (Å²) >= 11 is 0. The number of benzene rings is 4. The molecule has 4 aromatic rings. The van der Waals surface area contributed by atoms with Crippen LogP contribution in [-0.4, -0.2) is 82.7 Å². The molecule has 2 aliphatic carbocycles. The average molecular weight is 945 g/mol. The van der Waals surface area contributed by atoms with E-state index in [-0.39, 0.29) is 75.5 Å². The molecule has 0 aromatic heterocycles. The molecule has 69 heavy (non-hydrogen) atoms. The van der Waals surface area contributed by atoms with Gasteiger partial charge in [-0.2, -0.15) is 0 Å². The molecule has 0 radical (unpaired) electrons. The van der Waals surface area contributed by atoms with E-state index in [0.717, 1.165) is 29.5 Å². The Morgan fingerprint density at radius 1 is 0.942 bits per heavy atom. The normalized spacial score (nSPS) is 22.3. The summed E-state index contributed by atoms with van der Waals surface area (Å²) in [6, 6.07) is 25.3. The number of nitro groups is 1. The summed E-state index contributed by atoms with van der Waals surface area (Å²) < 4.78 is 31.7. The van der Waals surface area contributed by atoms with Crippen LogP contribution in [0.25, 0.3) is 0 Å². The van der Waals surface area contributed by atoms with Crippen LogP contribution in [0, 0.1) is 27.9 Å². The number of ether oxygens (including phenoxy) is 5. The van der Waals surface area contributed by atoms with Crippen LogP contribution in [0.4, 0.5) is 10.5 Å². The molecule has 364 valence electrons. The maximum absolute atomic E-state index is 15.2. The molecule has 3 N–H and O–H groups in total. The van der Waals surface area contributed by atoms with Gasteiger partial charge in [0, 0.05) is 61.9 Å². The van der Waals surface area contributed by atoms with E-state index >= 15 is 4.79 Å². The van der Waals surface area contributed by atoms with Gasteiger partial charge in [-0.05, 0) is 109 Å². The van der Waals surface area contributed by atoms with Gasteiger partial charge in [-0.15, -0.1) is 6.58 Å². The highest BCUT2D eigenvalue weighted by molar-refractivity contribution is 6.03. The van der Waals surface area contributed by atoms with Crippen LogP contribution in [0.2, 0.25) is 0 Å². The minimum atomic E-state index is -1.53. The Bertz CT molecular complexity index is 2520. The first-order chi connectivity index (χ1) is 33.7. The first-order valence-corrected chi connectivity index (χ1v) is 23.8. The molecule has 1 fully saturated rings. The monoisotopic (exact) mass is 944 g/mol. The number of unbranched alkanes of at least 4 members (excludes halogenated alkanes) is 2. The third kappa shape index (κ3) is 10.8. The number of oxime groups is 1.